The minimum atomic E-state index is -0.998. The Bertz CT molecular complexity index is 1210. The highest BCUT2D eigenvalue weighted by Crippen LogP contribution is 2.42. The second-order valence-corrected chi connectivity index (χ2v) is 10.4. The number of nitrogens with zero attached hydrogens (tertiary/aromatic N) is 5. The van der Waals surface area contributed by atoms with Crippen molar-refractivity contribution >= 4 is 34.2 Å². The first-order chi connectivity index (χ1) is 16.8. The minimum Gasteiger partial charge on any atom is -0.481 e. The fourth-order valence-electron chi connectivity index (χ4n) is 5.09. The van der Waals surface area contributed by atoms with Crippen molar-refractivity contribution in [2.24, 2.45) is 5.41 Å². The topological polar surface area (TPSA) is 89.9 Å². The standard InChI is InChI=1S/C26H29N5O3S/c1-29-9-11-31(12-10-29)22-8-7-20(16-27-22)21-17-35-25(28-21)30(2)24(34)26(15-23(32)33)13-18-5-3-4-6-19(18)14-26/h3-8,16-17H,9-15H2,1-2H3,(H,32,33). The van der Waals surface area contributed by atoms with E-state index in [1.165, 1.54) is 16.2 Å². The Morgan fingerprint density at radius 3 is 2.37 bits per heavy atom. The maximum atomic E-state index is 13.7. The van der Waals surface area contributed by atoms with Crippen LogP contribution in [-0.4, -0.2) is 72.1 Å². The number of likely N-dealkylation sites (N-methyl/N-ethyl adjacent to an activating group) is 1. The van der Waals surface area contributed by atoms with E-state index < -0.39 is 11.4 Å². The highest BCUT2D eigenvalue weighted by Gasteiger charge is 2.47. The molecule has 5 rings (SSSR count). The molecule has 182 valence electrons. The lowest BCUT2D eigenvalue weighted by atomic mass is 9.80. The molecule has 0 unspecified atom stereocenters. The van der Waals surface area contributed by atoms with E-state index in [1.54, 1.807) is 7.05 Å². The lowest BCUT2D eigenvalue weighted by molar-refractivity contribution is -0.144. The molecule has 3 aromatic rings. The number of rotatable bonds is 6. The Morgan fingerprint density at radius 1 is 1.09 bits per heavy atom. The van der Waals surface area contributed by atoms with Gasteiger partial charge >= 0.3 is 5.97 Å². The van der Waals surface area contributed by atoms with Gasteiger partial charge in [-0.1, -0.05) is 24.3 Å². The first-order valence-electron chi connectivity index (χ1n) is 11.8. The van der Waals surface area contributed by atoms with E-state index in [1.807, 2.05) is 48.0 Å². The van der Waals surface area contributed by atoms with E-state index in [0.29, 0.717) is 18.0 Å². The fourth-order valence-corrected chi connectivity index (χ4v) is 5.89. The summed E-state index contributed by atoms with van der Waals surface area (Å²) >= 11 is 1.38. The van der Waals surface area contributed by atoms with Crippen LogP contribution in [0.1, 0.15) is 17.5 Å². The van der Waals surface area contributed by atoms with Crippen LogP contribution in [0.5, 0.6) is 0 Å². The van der Waals surface area contributed by atoms with Crippen molar-refractivity contribution in [2.45, 2.75) is 19.3 Å². The lowest BCUT2D eigenvalue weighted by Gasteiger charge is -2.33. The molecule has 2 aliphatic rings. The zero-order valence-corrected chi connectivity index (χ0v) is 20.8. The van der Waals surface area contributed by atoms with Crippen LogP contribution in [0.3, 0.4) is 0 Å². The molecule has 1 amide bonds. The first-order valence-corrected chi connectivity index (χ1v) is 12.6. The molecule has 35 heavy (non-hydrogen) atoms. The molecule has 0 bridgehead atoms. The number of carboxylic acids is 1. The van der Waals surface area contributed by atoms with Crippen molar-refractivity contribution in [3.8, 4) is 11.3 Å². The van der Waals surface area contributed by atoms with Crippen LogP contribution in [0.25, 0.3) is 11.3 Å². The summed E-state index contributed by atoms with van der Waals surface area (Å²) in [5.74, 6) is -0.215. The second-order valence-electron chi connectivity index (χ2n) is 9.55. The first kappa shape index (κ1) is 23.4. The lowest BCUT2D eigenvalue weighted by Crippen LogP contribution is -2.44. The number of hydrogen-bond donors (Lipinski definition) is 1. The van der Waals surface area contributed by atoms with Gasteiger partial charge < -0.3 is 14.9 Å². The number of hydrogen-bond acceptors (Lipinski definition) is 7. The van der Waals surface area contributed by atoms with Gasteiger partial charge in [-0.05, 0) is 43.1 Å². The highest BCUT2D eigenvalue weighted by atomic mass is 32.1. The monoisotopic (exact) mass is 491 g/mol. The number of benzene rings is 1. The molecule has 1 fully saturated rings. The molecule has 0 spiro atoms. The molecular formula is C26H29N5O3S. The van der Waals surface area contributed by atoms with Crippen molar-refractivity contribution in [3.63, 3.8) is 0 Å². The van der Waals surface area contributed by atoms with Gasteiger partial charge in [-0.2, -0.15) is 0 Å². The number of carboxylic acid groups (broad SMARTS) is 1. The second kappa shape index (κ2) is 9.39. The zero-order valence-electron chi connectivity index (χ0n) is 20.0. The van der Waals surface area contributed by atoms with E-state index in [-0.39, 0.29) is 12.3 Å². The number of aliphatic carboxylic acids is 1. The number of fused-ring (bicyclic) bond motifs is 1. The van der Waals surface area contributed by atoms with Crippen LogP contribution in [0.15, 0.2) is 48.0 Å². The summed E-state index contributed by atoms with van der Waals surface area (Å²) in [7, 11) is 3.82. The summed E-state index contributed by atoms with van der Waals surface area (Å²) in [5, 5.41) is 12.1. The van der Waals surface area contributed by atoms with E-state index in [2.05, 4.69) is 21.8 Å². The number of pyridine rings is 1. The molecule has 1 aliphatic heterocycles. The maximum absolute atomic E-state index is 13.7. The van der Waals surface area contributed by atoms with E-state index in [4.69, 9.17) is 4.98 Å². The number of aromatic nitrogens is 2. The predicted molar refractivity (Wildman–Crippen MR) is 137 cm³/mol. The average Bonchev–Trinajstić information content (AvgIpc) is 3.49. The summed E-state index contributed by atoms with van der Waals surface area (Å²) < 4.78 is 0. The average molecular weight is 492 g/mol. The zero-order chi connectivity index (χ0) is 24.6. The van der Waals surface area contributed by atoms with Crippen molar-refractivity contribution in [1.29, 1.82) is 0 Å². The van der Waals surface area contributed by atoms with Crippen LogP contribution in [0.2, 0.25) is 0 Å². The van der Waals surface area contributed by atoms with Crippen LogP contribution >= 0.6 is 11.3 Å². The third kappa shape index (κ3) is 4.66. The Kier molecular flexibility index (Phi) is 6.29. The summed E-state index contributed by atoms with van der Waals surface area (Å²) in [6.45, 7) is 3.96. The third-order valence-electron chi connectivity index (χ3n) is 7.07. The van der Waals surface area contributed by atoms with Crippen LogP contribution < -0.4 is 9.80 Å². The molecule has 2 aromatic heterocycles. The molecule has 9 heteroatoms. The van der Waals surface area contributed by atoms with Crippen LogP contribution in [-0.2, 0) is 22.4 Å². The minimum absolute atomic E-state index is 0.208. The number of anilines is 2. The van der Waals surface area contributed by atoms with Crippen molar-refractivity contribution in [1.82, 2.24) is 14.9 Å². The van der Waals surface area contributed by atoms with E-state index in [0.717, 1.165) is 54.4 Å². The molecule has 0 radical (unpaired) electrons. The molecule has 1 saturated heterocycles. The van der Waals surface area contributed by atoms with Crippen molar-refractivity contribution < 1.29 is 14.7 Å². The van der Waals surface area contributed by atoms with Crippen molar-refractivity contribution in [2.75, 3.05) is 50.1 Å². The third-order valence-corrected chi connectivity index (χ3v) is 7.99. The molecule has 1 aromatic carbocycles. The molecule has 3 heterocycles. The Balaban J connectivity index is 1.33. The Hall–Kier alpha value is -3.30. The number of piperazine rings is 1. The number of thiazole rings is 1. The molecule has 1 N–H and O–H groups in total. The smallest absolute Gasteiger partial charge is 0.304 e. The number of amides is 1. The summed E-state index contributed by atoms with van der Waals surface area (Å²) in [4.78, 5) is 40.9. The van der Waals surface area contributed by atoms with Gasteiger partial charge in [-0.15, -0.1) is 11.3 Å². The number of carbonyl (C=O) groups is 2. The normalized spacial score (nSPS) is 17.3. The van der Waals surface area contributed by atoms with Gasteiger partial charge in [0.2, 0.25) is 5.91 Å². The van der Waals surface area contributed by atoms with Gasteiger partial charge in [0.25, 0.3) is 0 Å². The molecule has 1 aliphatic carbocycles. The van der Waals surface area contributed by atoms with Crippen LogP contribution in [0, 0.1) is 5.41 Å². The summed E-state index contributed by atoms with van der Waals surface area (Å²) in [6.07, 6.45) is 2.47. The van der Waals surface area contributed by atoms with Gasteiger partial charge in [0, 0.05) is 50.4 Å². The van der Waals surface area contributed by atoms with Gasteiger partial charge in [-0.25, -0.2) is 9.97 Å². The SMILES string of the molecule is CN1CCN(c2ccc(-c3csc(N(C)C(=O)C4(CC(=O)O)Cc5ccccc5C4)n3)cn2)CC1. The number of carbonyl (C=O) groups excluding carboxylic acids is 1. The largest absolute Gasteiger partial charge is 0.481 e. The molecule has 0 atom stereocenters. The molecular weight excluding hydrogens is 462 g/mol. The van der Waals surface area contributed by atoms with Gasteiger partial charge in [0.05, 0.1) is 17.5 Å². The quantitative estimate of drug-likeness (QED) is 0.566. The summed E-state index contributed by atoms with van der Waals surface area (Å²) in [6, 6.07) is 11.9. The van der Waals surface area contributed by atoms with Crippen molar-refractivity contribution in [3.05, 3.63) is 59.1 Å². The Morgan fingerprint density at radius 2 is 1.77 bits per heavy atom. The summed E-state index contributed by atoms with van der Waals surface area (Å²) in [5.41, 5.74) is 2.73. The molecule has 8 nitrogen and oxygen atoms in total. The van der Waals surface area contributed by atoms with E-state index >= 15 is 0 Å². The predicted octanol–water partition coefficient (Wildman–Crippen LogP) is 3.18. The molecule has 0 saturated carbocycles. The van der Waals surface area contributed by atoms with E-state index in [9.17, 15) is 14.7 Å². The fraction of sp³-hybridized carbons (Fsp3) is 0.385. The van der Waals surface area contributed by atoms with Crippen LogP contribution in [0.4, 0.5) is 10.9 Å². The van der Waals surface area contributed by atoms with Gasteiger partial charge in [0.15, 0.2) is 5.13 Å². The maximum Gasteiger partial charge on any atom is 0.304 e. The highest BCUT2D eigenvalue weighted by molar-refractivity contribution is 7.14. The van der Waals surface area contributed by atoms with Gasteiger partial charge in [-0.3, -0.25) is 14.5 Å². The van der Waals surface area contributed by atoms with Gasteiger partial charge in [0.1, 0.15) is 5.82 Å². The Labute approximate surface area is 208 Å².